The van der Waals surface area contributed by atoms with Crippen molar-refractivity contribution in [2.45, 2.75) is 37.5 Å². The van der Waals surface area contributed by atoms with Crippen molar-refractivity contribution in [3.63, 3.8) is 0 Å². The van der Waals surface area contributed by atoms with Gasteiger partial charge >= 0.3 is 0 Å². The van der Waals surface area contributed by atoms with Gasteiger partial charge in [-0.25, -0.2) is 8.42 Å². The second-order valence-corrected chi connectivity index (χ2v) is 11.8. The summed E-state index contributed by atoms with van der Waals surface area (Å²) in [6.45, 7) is 2.58. The Labute approximate surface area is 218 Å². The van der Waals surface area contributed by atoms with E-state index in [4.69, 9.17) is 16.3 Å². The Kier molecular flexibility index (Phi) is 7.75. The Bertz CT molecular complexity index is 1270. The fourth-order valence-corrected chi connectivity index (χ4v) is 7.31. The molecular weight excluding hydrogens is 558 g/mol. The molecule has 0 aliphatic carbocycles. The van der Waals surface area contributed by atoms with Crippen LogP contribution in [0.5, 0.6) is 5.75 Å². The fourth-order valence-electron chi connectivity index (χ4n) is 4.61. The third-order valence-corrected chi connectivity index (χ3v) is 9.02. The van der Waals surface area contributed by atoms with Crippen LogP contribution in [0.2, 0.25) is 5.02 Å². The van der Waals surface area contributed by atoms with Gasteiger partial charge in [-0.3, -0.25) is 9.59 Å². The number of hydrogen-bond donors (Lipinski definition) is 1. The molecule has 4 rings (SSSR count). The van der Waals surface area contributed by atoms with E-state index in [2.05, 4.69) is 21.2 Å². The highest BCUT2D eigenvalue weighted by Crippen LogP contribution is 2.40. The van der Waals surface area contributed by atoms with Crippen molar-refractivity contribution < 1.29 is 22.7 Å². The normalized spacial score (nSPS) is 18.3. The molecule has 2 aliphatic rings. The third-order valence-electron chi connectivity index (χ3n) is 6.39. The molecule has 2 aromatic carbocycles. The minimum Gasteiger partial charge on any atom is -0.495 e. The quantitative estimate of drug-likeness (QED) is 0.541. The molecule has 11 heteroatoms. The smallest absolute Gasteiger partial charge is 0.245 e. The van der Waals surface area contributed by atoms with Crippen LogP contribution < -0.4 is 15.0 Å². The number of benzene rings is 2. The molecule has 2 heterocycles. The van der Waals surface area contributed by atoms with E-state index in [1.807, 2.05) is 6.07 Å². The highest BCUT2D eigenvalue weighted by molar-refractivity contribution is 9.10. The van der Waals surface area contributed by atoms with Crippen molar-refractivity contribution in [3.05, 3.63) is 45.4 Å². The number of ether oxygens (including phenoxy) is 1. The molecule has 0 radical (unpaired) electrons. The van der Waals surface area contributed by atoms with E-state index in [0.29, 0.717) is 59.0 Å². The lowest BCUT2D eigenvalue weighted by atomic mass is 9.98. The SMILES string of the molecule is CCC(=O)N1CCc2cc(Br)cc(S(=O)(=O)N3CCC[C@@H](C(=O)Nc4ccc(OC)c(Cl)c4)C3)c21. The number of halogens is 2. The van der Waals surface area contributed by atoms with Crippen molar-refractivity contribution in [3.8, 4) is 5.75 Å². The van der Waals surface area contributed by atoms with E-state index in [9.17, 15) is 18.0 Å². The molecule has 0 spiro atoms. The average Bonchev–Trinajstić information content (AvgIpc) is 3.26. The number of amides is 2. The molecule has 0 unspecified atom stereocenters. The van der Waals surface area contributed by atoms with E-state index in [1.54, 1.807) is 36.1 Å². The molecule has 1 atom stereocenters. The first-order chi connectivity index (χ1) is 16.6. The van der Waals surface area contributed by atoms with E-state index < -0.39 is 15.9 Å². The number of anilines is 2. The van der Waals surface area contributed by atoms with Crippen LogP contribution in [0.15, 0.2) is 39.7 Å². The van der Waals surface area contributed by atoms with Gasteiger partial charge < -0.3 is 15.0 Å². The van der Waals surface area contributed by atoms with Crippen LogP contribution in [-0.2, 0) is 26.0 Å². The summed E-state index contributed by atoms with van der Waals surface area (Å²) in [5.41, 5.74) is 1.79. The zero-order chi connectivity index (χ0) is 25.3. The molecule has 0 aromatic heterocycles. The first kappa shape index (κ1) is 25.9. The molecule has 2 amide bonds. The third kappa shape index (κ3) is 5.21. The number of fused-ring (bicyclic) bond motifs is 1. The van der Waals surface area contributed by atoms with Gasteiger partial charge in [-0.1, -0.05) is 34.5 Å². The molecule has 0 bridgehead atoms. The monoisotopic (exact) mass is 583 g/mol. The predicted octanol–water partition coefficient (Wildman–Crippen LogP) is 4.45. The molecule has 1 saturated heterocycles. The van der Waals surface area contributed by atoms with Crippen molar-refractivity contribution in [2.24, 2.45) is 5.92 Å². The molecule has 2 aliphatic heterocycles. The van der Waals surface area contributed by atoms with Gasteiger partial charge in [-0.05, 0) is 55.2 Å². The maximum Gasteiger partial charge on any atom is 0.245 e. The first-order valence-corrected chi connectivity index (χ1v) is 14.0. The molecule has 0 saturated carbocycles. The zero-order valence-electron chi connectivity index (χ0n) is 19.5. The molecule has 35 heavy (non-hydrogen) atoms. The fraction of sp³-hybridized carbons (Fsp3) is 0.417. The summed E-state index contributed by atoms with van der Waals surface area (Å²) in [6.07, 6.45) is 2.00. The maximum atomic E-state index is 13.8. The number of hydrogen-bond acceptors (Lipinski definition) is 5. The van der Waals surface area contributed by atoms with Crippen LogP contribution in [0.25, 0.3) is 0 Å². The van der Waals surface area contributed by atoms with Crippen LogP contribution in [-0.4, -0.2) is 51.3 Å². The van der Waals surface area contributed by atoms with Crippen LogP contribution in [0.1, 0.15) is 31.7 Å². The van der Waals surface area contributed by atoms with Crippen LogP contribution in [0.4, 0.5) is 11.4 Å². The highest BCUT2D eigenvalue weighted by atomic mass is 79.9. The summed E-state index contributed by atoms with van der Waals surface area (Å²) in [5, 5.41) is 3.20. The largest absolute Gasteiger partial charge is 0.495 e. The molecule has 188 valence electrons. The van der Waals surface area contributed by atoms with Crippen molar-refractivity contribution in [2.75, 3.05) is 37.0 Å². The number of rotatable bonds is 6. The summed E-state index contributed by atoms with van der Waals surface area (Å²) in [5.74, 6) is -0.408. The molecule has 1 N–H and O–H groups in total. The summed E-state index contributed by atoms with van der Waals surface area (Å²) in [6, 6.07) is 8.36. The first-order valence-electron chi connectivity index (χ1n) is 11.4. The summed E-state index contributed by atoms with van der Waals surface area (Å²) >= 11 is 9.58. The summed E-state index contributed by atoms with van der Waals surface area (Å²) in [4.78, 5) is 27.2. The minimum absolute atomic E-state index is 0.0566. The minimum atomic E-state index is -3.95. The Morgan fingerprint density at radius 3 is 2.69 bits per heavy atom. The summed E-state index contributed by atoms with van der Waals surface area (Å²) < 4.78 is 34.7. The summed E-state index contributed by atoms with van der Waals surface area (Å²) in [7, 11) is -2.44. The van der Waals surface area contributed by atoms with Gasteiger partial charge in [0.15, 0.2) is 0 Å². The average molecular weight is 585 g/mol. The molecule has 2 aromatic rings. The second kappa shape index (κ2) is 10.5. The second-order valence-electron chi connectivity index (χ2n) is 8.60. The van der Waals surface area contributed by atoms with E-state index in [0.717, 1.165) is 5.56 Å². The van der Waals surface area contributed by atoms with E-state index in [1.165, 1.54) is 11.4 Å². The van der Waals surface area contributed by atoms with Gasteiger partial charge in [-0.2, -0.15) is 4.31 Å². The lowest BCUT2D eigenvalue weighted by molar-refractivity contribution is -0.121. The number of sulfonamides is 1. The van der Waals surface area contributed by atoms with Gasteiger partial charge in [0.25, 0.3) is 0 Å². The van der Waals surface area contributed by atoms with Gasteiger partial charge in [-0.15, -0.1) is 0 Å². The standard InChI is InChI=1S/C24H27BrClN3O5S/c1-3-22(30)29-10-8-15-11-17(25)12-21(23(15)29)35(32,33)28-9-4-5-16(14-28)24(31)27-18-6-7-20(34-2)19(26)13-18/h6-7,11-13,16H,3-5,8-10,14H2,1-2H3,(H,27,31)/t16-/m1/s1. The van der Waals surface area contributed by atoms with Gasteiger partial charge in [0, 0.05) is 36.2 Å². The van der Waals surface area contributed by atoms with Gasteiger partial charge in [0.1, 0.15) is 10.6 Å². The van der Waals surface area contributed by atoms with E-state index >= 15 is 0 Å². The Hall–Kier alpha value is -2.14. The van der Waals surface area contributed by atoms with Crippen molar-refractivity contribution in [1.29, 1.82) is 0 Å². The molecular formula is C24H27BrClN3O5S. The molecule has 8 nitrogen and oxygen atoms in total. The van der Waals surface area contributed by atoms with Crippen LogP contribution in [0, 0.1) is 5.92 Å². The Morgan fingerprint density at radius 2 is 2.00 bits per heavy atom. The highest BCUT2D eigenvalue weighted by Gasteiger charge is 2.38. The topological polar surface area (TPSA) is 96.0 Å². The van der Waals surface area contributed by atoms with Crippen LogP contribution in [0.3, 0.4) is 0 Å². The Morgan fingerprint density at radius 1 is 1.23 bits per heavy atom. The van der Waals surface area contributed by atoms with Crippen LogP contribution >= 0.6 is 27.5 Å². The number of carbonyl (C=O) groups excluding carboxylic acids is 2. The number of nitrogens with zero attached hydrogens (tertiary/aromatic N) is 2. The Balaban J connectivity index is 1.58. The van der Waals surface area contributed by atoms with Crippen molar-refractivity contribution >= 4 is 60.7 Å². The number of nitrogens with one attached hydrogen (secondary N) is 1. The number of piperidine rings is 1. The number of carbonyl (C=O) groups is 2. The van der Waals surface area contributed by atoms with Gasteiger partial charge in [0.05, 0.1) is 23.7 Å². The van der Waals surface area contributed by atoms with Gasteiger partial charge in [0.2, 0.25) is 21.8 Å². The predicted molar refractivity (Wildman–Crippen MR) is 139 cm³/mol. The number of methoxy groups -OCH3 is 1. The molecule has 1 fully saturated rings. The van der Waals surface area contributed by atoms with E-state index in [-0.39, 0.29) is 29.7 Å². The lowest BCUT2D eigenvalue weighted by Crippen LogP contribution is -2.44. The zero-order valence-corrected chi connectivity index (χ0v) is 22.7. The van der Waals surface area contributed by atoms with Crippen molar-refractivity contribution in [1.82, 2.24) is 4.31 Å². The maximum absolute atomic E-state index is 13.8. The lowest BCUT2D eigenvalue weighted by Gasteiger charge is -2.32.